The number of hydrogen-bond acceptors (Lipinski definition) is 3. The van der Waals surface area contributed by atoms with Gasteiger partial charge in [-0.25, -0.2) is 4.79 Å². The summed E-state index contributed by atoms with van der Waals surface area (Å²) >= 11 is 0. The van der Waals surface area contributed by atoms with Crippen LogP contribution in [-0.4, -0.2) is 50.2 Å². The maximum Gasteiger partial charge on any atom is 0.317 e. The monoisotopic (exact) mass is 248 g/mol. The van der Waals surface area contributed by atoms with E-state index in [1.54, 1.807) is 0 Å². The average molecular weight is 248 g/mol. The number of hydrogen-bond donors (Lipinski definition) is 2. The number of para-hydroxylation sites is 1. The molecule has 5 heteroatoms. The van der Waals surface area contributed by atoms with Gasteiger partial charge in [0.25, 0.3) is 0 Å². The van der Waals surface area contributed by atoms with Crippen LogP contribution in [0, 0.1) is 0 Å². The van der Waals surface area contributed by atoms with E-state index in [0.717, 1.165) is 26.2 Å². The van der Waals surface area contributed by atoms with Crippen molar-refractivity contribution in [3.63, 3.8) is 0 Å². The number of carbonyl (C=O) groups excluding carboxylic acids is 1. The van der Waals surface area contributed by atoms with Gasteiger partial charge in [0.1, 0.15) is 0 Å². The lowest BCUT2D eigenvalue weighted by Crippen LogP contribution is -2.52. The van der Waals surface area contributed by atoms with Crippen LogP contribution in [0.15, 0.2) is 30.3 Å². The van der Waals surface area contributed by atoms with Crippen molar-refractivity contribution in [2.45, 2.75) is 0 Å². The number of urea groups is 1. The molecular weight excluding hydrogens is 228 g/mol. The lowest BCUT2D eigenvalue weighted by molar-refractivity contribution is 0.194. The maximum atomic E-state index is 11.7. The molecule has 5 nitrogen and oxygen atoms in total. The van der Waals surface area contributed by atoms with E-state index in [4.69, 9.17) is 5.73 Å². The zero-order valence-corrected chi connectivity index (χ0v) is 10.5. The Kier molecular flexibility index (Phi) is 4.41. The van der Waals surface area contributed by atoms with Gasteiger partial charge in [-0.1, -0.05) is 18.2 Å². The number of nitrogens with one attached hydrogen (secondary N) is 1. The molecule has 2 amide bonds. The third kappa shape index (κ3) is 3.13. The predicted molar refractivity (Wildman–Crippen MR) is 72.7 cm³/mol. The summed E-state index contributed by atoms with van der Waals surface area (Å²) in [5.41, 5.74) is 6.58. The van der Waals surface area contributed by atoms with E-state index in [9.17, 15) is 4.79 Å². The number of amides is 2. The minimum absolute atomic E-state index is 0.00633. The SMILES string of the molecule is NCCNC(=O)N1CCN(c2ccccc2)CC1. The van der Waals surface area contributed by atoms with Crippen molar-refractivity contribution in [2.24, 2.45) is 5.73 Å². The molecule has 1 aromatic rings. The molecule has 1 aliphatic rings. The standard InChI is InChI=1S/C13H20N4O/c14-6-7-15-13(18)17-10-8-16(9-11-17)12-4-2-1-3-5-12/h1-5H,6-11,14H2,(H,15,18). The van der Waals surface area contributed by atoms with Gasteiger partial charge >= 0.3 is 6.03 Å². The topological polar surface area (TPSA) is 61.6 Å². The van der Waals surface area contributed by atoms with Crippen molar-refractivity contribution in [2.75, 3.05) is 44.2 Å². The van der Waals surface area contributed by atoms with Crippen molar-refractivity contribution < 1.29 is 4.79 Å². The summed E-state index contributed by atoms with van der Waals surface area (Å²) in [6.45, 7) is 4.28. The molecule has 0 atom stereocenters. The molecule has 0 radical (unpaired) electrons. The van der Waals surface area contributed by atoms with Crippen LogP contribution in [0.4, 0.5) is 10.5 Å². The normalized spacial score (nSPS) is 15.6. The second kappa shape index (κ2) is 6.26. The molecule has 1 heterocycles. The van der Waals surface area contributed by atoms with Gasteiger partial charge in [0.05, 0.1) is 0 Å². The predicted octanol–water partition coefficient (Wildman–Crippen LogP) is 0.477. The summed E-state index contributed by atoms with van der Waals surface area (Å²) in [7, 11) is 0. The molecular formula is C13H20N4O. The second-order valence-corrected chi connectivity index (χ2v) is 4.33. The summed E-state index contributed by atoms with van der Waals surface area (Å²) in [5.74, 6) is 0. The molecule has 0 unspecified atom stereocenters. The van der Waals surface area contributed by atoms with Crippen LogP contribution < -0.4 is 16.0 Å². The Balaban J connectivity index is 1.83. The van der Waals surface area contributed by atoms with E-state index in [1.807, 2.05) is 23.1 Å². The minimum atomic E-state index is -0.00633. The quantitative estimate of drug-likeness (QED) is 0.817. The Bertz CT molecular complexity index is 374. The molecule has 1 aromatic carbocycles. The van der Waals surface area contributed by atoms with E-state index in [1.165, 1.54) is 5.69 Å². The Labute approximate surface area is 108 Å². The summed E-state index contributed by atoms with van der Waals surface area (Å²) in [6, 6.07) is 10.3. The highest BCUT2D eigenvalue weighted by molar-refractivity contribution is 5.74. The molecule has 98 valence electrons. The van der Waals surface area contributed by atoms with Crippen LogP contribution in [0.2, 0.25) is 0 Å². The third-order valence-electron chi connectivity index (χ3n) is 3.11. The van der Waals surface area contributed by atoms with E-state index in [2.05, 4.69) is 22.3 Å². The first-order chi connectivity index (χ1) is 8.81. The molecule has 18 heavy (non-hydrogen) atoms. The molecule has 0 spiro atoms. The first kappa shape index (κ1) is 12.7. The summed E-state index contributed by atoms with van der Waals surface area (Å²) in [4.78, 5) is 15.9. The number of anilines is 1. The van der Waals surface area contributed by atoms with E-state index < -0.39 is 0 Å². The molecule has 2 rings (SSSR count). The summed E-state index contributed by atoms with van der Waals surface area (Å²) in [6.07, 6.45) is 0. The molecule has 0 bridgehead atoms. The van der Waals surface area contributed by atoms with Gasteiger partial charge in [-0.2, -0.15) is 0 Å². The zero-order chi connectivity index (χ0) is 12.8. The Morgan fingerprint density at radius 2 is 1.83 bits per heavy atom. The Hall–Kier alpha value is -1.75. The van der Waals surface area contributed by atoms with Crippen molar-refractivity contribution in [1.29, 1.82) is 0 Å². The van der Waals surface area contributed by atoms with Crippen molar-refractivity contribution in [3.05, 3.63) is 30.3 Å². The molecule has 1 aliphatic heterocycles. The van der Waals surface area contributed by atoms with Gasteiger partial charge in [0, 0.05) is 45.0 Å². The van der Waals surface area contributed by atoms with Gasteiger partial charge < -0.3 is 20.9 Å². The zero-order valence-electron chi connectivity index (χ0n) is 10.5. The van der Waals surface area contributed by atoms with Gasteiger partial charge in [-0.15, -0.1) is 0 Å². The number of nitrogens with zero attached hydrogens (tertiary/aromatic N) is 2. The van der Waals surface area contributed by atoms with Gasteiger partial charge in [0.15, 0.2) is 0 Å². The summed E-state index contributed by atoms with van der Waals surface area (Å²) < 4.78 is 0. The maximum absolute atomic E-state index is 11.7. The Morgan fingerprint density at radius 1 is 1.17 bits per heavy atom. The lowest BCUT2D eigenvalue weighted by atomic mass is 10.2. The number of piperazine rings is 1. The number of benzene rings is 1. The highest BCUT2D eigenvalue weighted by atomic mass is 16.2. The van der Waals surface area contributed by atoms with Gasteiger partial charge in [-0.05, 0) is 12.1 Å². The fraction of sp³-hybridized carbons (Fsp3) is 0.462. The van der Waals surface area contributed by atoms with Crippen LogP contribution in [-0.2, 0) is 0 Å². The average Bonchev–Trinajstić information content (AvgIpc) is 2.46. The highest BCUT2D eigenvalue weighted by Crippen LogP contribution is 2.15. The number of carbonyl (C=O) groups is 1. The molecule has 1 fully saturated rings. The first-order valence-electron chi connectivity index (χ1n) is 6.34. The molecule has 0 aromatic heterocycles. The smallest absolute Gasteiger partial charge is 0.317 e. The fourth-order valence-corrected chi connectivity index (χ4v) is 2.10. The lowest BCUT2D eigenvalue weighted by Gasteiger charge is -2.36. The van der Waals surface area contributed by atoms with Gasteiger partial charge in [-0.3, -0.25) is 0 Å². The van der Waals surface area contributed by atoms with Crippen molar-refractivity contribution in [1.82, 2.24) is 10.2 Å². The van der Waals surface area contributed by atoms with E-state index in [0.29, 0.717) is 13.1 Å². The van der Waals surface area contributed by atoms with Crippen LogP contribution in [0.3, 0.4) is 0 Å². The number of nitrogens with two attached hydrogens (primary N) is 1. The fourth-order valence-electron chi connectivity index (χ4n) is 2.10. The highest BCUT2D eigenvalue weighted by Gasteiger charge is 2.20. The largest absolute Gasteiger partial charge is 0.368 e. The van der Waals surface area contributed by atoms with E-state index in [-0.39, 0.29) is 6.03 Å². The molecule has 1 saturated heterocycles. The molecule has 0 saturated carbocycles. The Morgan fingerprint density at radius 3 is 2.44 bits per heavy atom. The minimum Gasteiger partial charge on any atom is -0.368 e. The van der Waals surface area contributed by atoms with Crippen LogP contribution >= 0.6 is 0 Å². The third-order valence-corrected chi connectivity index (χ3v) is 3.11. The van der Waals surface area contributed by atoms with Crippen LogP contribution in [0.5, 0.6) is 0 Å². The van der Waals surface area contributed by atoms with Gasteiger partial charge in [0.2, 0.25) is 0 Å². The molecule has 3 N–H and O–H groups in total. The van der Waals surface area contributed by atoms with Crippen LogP contribution in [0.1, 0.15) is 0 Å². The van der Waals surface area contributed by atoms with E-state index >= 15 is 0 Å². The van der Waals surface area contributed by atoms with Crippen LogP contribution in [0.25, 0.3) is 0 Å². The van der Waals surface area contributed by atoms with Crippen molar-refractivity contribution >= 4 is 11.7 Å². The second-order valence-electron chi connectivity index (χ2n) is 4.33. The summed E-state index contributed by atoms with van der Waals surface area (Å²) in [5, 5.41) is 2.80. The molecule has 0 aliphatic carbocycles. The number of rotatable bonds is 3. The van der Waals surface area contributed by atoms with Crippen molar-refractivity contribution in [3.8, 4) is 0 Å². The first-order valence-corrected chi connectivity index (χ1v) is 6.34.